The average molecular weight is 331 g/mol. The zero-order valence-corrected chi connectivity index (χ0v) is 12.7. The monoisotopic (exact) mass is 331 g/mol. The van der Waals surface area contributed by atoms with Crippen LogP contribution in [0.4, 0.5) is 0 Å². The molecule has 23 heavy (non-hydrogen) atoms. The van der Waals surface area contributed by atoms with Gasteiger partial charge in [0.2, 0.25) is 5.88 Å². The summed E-state index contributed by atoms with van der Waals surface area (Å²) in [5.74, 6) is -0.697. The van der Waals surface area contributed by atoms with E-state index in [1.54, 1.807) is 0 Å². The fraction of sp³-hybridized carbons (Fsp3) is 0.214. The molecule has 8 nitrogen and oxygen atoms in total. The molecule has 3 N–H and O–H groups in total. The topological polar surface area (TPSA) is 112 Å². The third-order valence-electron chi connectivity index (χ3n) is 3.37. The minimum Gasteiger partial charge on any atom is -0.494 e. The second kappa shape index (κ2) is 6.13. The van der Waals surface area contributed by atoms with E-state index in [0.717, 1.165) is 19.1 Å². The molecule has 2 heterocycles. The van der Waals surface area contributed by atoms with Gasteiger partial charge in [0.05, 0.1) is 6.21 Å². The predicted octanol–water partition coefficient (Wildman–Crippen LogP) is 1.11. The number of amides is 1. The summed E-state index contributed by atoms with van der Waals surface area (Å²) in [6, 6.07) is 3.16. The molecule has 1 aliphatic rings. The summed E-state index contributed by atoms with van der Waals surface area (Å²) in [6.07, 6.45) is 5.85. The van der Waals surface area contributed by atoms with E-state index >= 15 is 0 Å². The van der Waals surface area contributed by atoms with Crippen molar-refractivity contribution in [1.29, 1.82) is 0 Å². The lowest BCUT2D eigenvalue weighted by molar-refractivity contribution is 0.0955. The number of hydrogen-bond donors (Lipinski definition) is 3. The van der Waals surface area contributed by atoms with Crippen LogP contribution in [-0.2, 0) is 0 Å². The lowest BCUT2D eigenvalue weighted by Gasteiger charge is -2.09. The molecule has 1 amide bonds. The van der Waals surface area contributed by atoms with Crippen molar-refractivity contribution in [2.75, 3.05) is 0 Å². The Bertz CT molecular complexity index is 884. The van der Waals surface area contributed by atoms with Gasteiger partial charge in [-0.3, -0.25) is 24.1 Å². The number of H-pyrrole nitrogens is 1. The third kappa shape index (κ3) is 3.19. The first-order valence-electron chi connectivity index (χ1n) is 6.89. The number of hydrogen-bond acceptors (Lipinski definition) is 6. The highest BCUT2D eigenvalue weighted by Crippen LogP contribution is 2.37. The number of aromatic hydroxyl groups is 1. The molecule has 3 rings (SSSR count). The number of aromatic nitrogens is 3. The van der Waals surface area contributed by atoms with Crippen molar-refractivity contribution in [3.05, 3.63) is 50.8 Å². The van der Waals surface area contributed by atoms with Gasteiger partial charge in [-0.15, -0.1) is 0 Å². The van der Waals surface area contributed by atoms with Crippen molar-refractivity contribution in [3.63, 3.8) is 0 Å². The quantitative estimate of drug-likeness (QED) is 0.441. The Labute approximate surface area is 135 Å². The molecule has 0 spiro atoms. The fourth-order valence-corrected chi connectivity index (χ4v) is 2.39. The first-order chi connectivity index (χ1) is 11.1. The summed E-state index contributed by atoms with van der Waals surface area (Å²) in [7, 11) is 0. The molecule has 1 saturated carbocycles. The van der Waals surface area contributed by atoms with Gasteiger partial charge in [0.25, 0.3) is 11.5 Å². The first-order valence-corrected chi connectivity index (χ1v) is 7.30. The SMILES string of the molecule is O=C(N/N=C/c1c(O)n(C2CC2)c(=S)[nH]c1=O)c1ccncc1. The first kappa shape index (κ1) is 15.1. The molecule has 0 unspecified atom stereocenters. The number of nitrogens with zero attached hydrogens (tertiary/aromatic N) is 3. The maximum atomic E-state index is 11.9. The molecule has 1 aliphatic carbocycles. The van der Waals surface area contributed by atoms with Crippen molar-refractivity contribution in [2.24, 2.45) is 5.10 Å². The van der Waals surface area contributed by atoms with Crippen LogP contribution in [0.3, 0.4) is 0 Å². The fourth-order valence-electron chi connectivity index (χ4n) is 2.06. The zero-order chi connectivity index (χ0) is 16.4. The van der Waals surface area contributed by atoms with E-state index < -0.39 is 11.5 Å². The molecular formula is C14H13N5O3S. The number of aromatic amines is 1. The summed E-state index contributed by atoms with van der Waals surface area (Å²) in [5.41, 5.74) is 2.04. The zero-order valence-electron chi connectivity index (χ0n) is 11.9. The molecule has 0 radical (unpaired) electrons. The van der Waals surface area contributed by atoms with Crippen molar-refractivity contribution >= 4 is 24.3 Å². The van der Waals surface area contributed by atoms with Gasteiger partial charge in [0.15, 0.2) is 4.77 Å². The number of carbonyl (C=O) groups excluding carboxylic acids is 1. The van der Waals surface area contributed by atoms with Gasteiger partial charge in [-0.05, 0) is 37.2 Å². The van der Waals surface area contributed by atoms with Gasteiger partial charge in [-0.1, -0.05) is 0 Å². The van der Waals surface area contributed by atoms with Crippen LogP contribution in [-0.4, -0.2) is 31.8 Å². The van der Waals surface area contributed by atoms with Gasteiger partial charge in [0, 0.05) is 24.0 Å². The highest BCUT2D eigenvalue weighted by Gasteiger charge is 2.27. The van der Waals surface area contributed by atoms with Crippen LogP contribution in [0.25, 0.3) is 0 Å². The molecule has 0 aromatic carbocycles. The van der Waals surface area contributed by atoms with Crippen LogP contribution < -0.4 is 11.0 Å². The van der Waals surface area contributed by atoms with Gasteiger partial charge in [-0.25, -0.2) is 5.43 Å². The highest BCUT2D eigenvalue weighted by molar-refractivity contribution is 7.71. The summed E-state index contributed by atoms with van der Waals surface area (Å²) in [6.45, 7) is 0. The number of nitrogens with one attached hydrogen (secondary N) is 2. The van der Waals surface area contributed by atoms with Gasteiger partial charge < -0.3 is 5.11 Å². The van der Waals surface area contributed by atoms with E-state index in [9.17, 15) is 14.7 Å². The van der Waals surface area contributed by atoms with E-state index in [-0.39, 0.29) is 22.3 Å². The Balaban J connectivity index is 1.83. The maximum absolute atomic E-state index is 11.9. The number of rotatable bonds is 4. The predicted molar refractivity (Wildman–Crippen MR) is 85.1 cm³/mol. The molecule has 9 heteroatoms. The van der Waals surface area contributed by atoms with E-state index in [4.69, 9.17) is 12.2 Å². The molecule has 2 aromatic heterocycles. The molecular weight excluding hydrogens is 318 g/mol. The normalized spacial score (nSPS) is 14.1. The molecule has 1 fully saturated rings. The van der Waals surface area contributed by atoms with E-state index in [0.29, 0.717) is 5.56 Å². The second-order valence-corrected chi connectivity index (χ2v) is 5.42. The summed E-state index contributed by atoms with van der Waals surface area (Å²) in [5, 5.41) is 13.9. The molecule has 0 saturated heterocycles. The second-order valence-electron chi connectivity index (χ2n) is 5.03. The van der Waals surface area contributed by atoms with Gasteiger partial charge in [-0.2, -0.15) is 5.10 Å². The highest BCUT2D eigenvalue weighted by atomic mass is 32.1. The molecule has 0 bridgehead atoms. The molecule has 118 valence electrons. The Morgan fingerprint density at radius 2 is 2.17 bits per heavy atom. The van der Waals surface area contributed by atoms with Crippen LogP contribution in [0.2, 0.25) is 0 Å². The van der Waals surface area contributed by atoms with Crippen LogP contribution >= 0.6 is 12.2 Å². The van der Waals surface area contributed by atoms with E-state index in [2.05, 4.69) is 20.5 Å². The van der Waals surface area contributed by atoms with Crippen LogP contribution in [0.5, 0.6) is 5.88 Å². The lowest BCUT2D eigenvalue weighted by Crippen LogP contribution is -2.21. The van der Waals surface area contributed by atoms with Crippen molar-refractivity contribution in [3.8, 4) is 5.88 Å². The summed E-state index contributed by atoms with van der Waals surface area (Å²) >= 11 is 5.05. The maximum Gasteiger partial charge on any atom is 0.271 e. The Morgan fingerprint density at radius 1 is 1.48 bits per heavy atom. The third-order valence-corrected chi connectivity index (χ3v) is 3.67. The number of hydrazone groups is 1. The molecule has 0 atom stereocenters. The Kier molecular flexibility index (Phi) is 4.02. The molecule has 0 aliphatic heterocycles. The Morgan fingerprint density at radius 3 is 2.83 bits per heavy atom. The van der Waals surface area contributed by atoms with Crippen molar-refractivity contribution in [1.82, 2.24) is 20.0 Å². The molecule has 2 aromatic rings. The minimum atomic E-state index is -0.564. The van der Waals surface area contributed by atoms with Crippen molar-refractivity contribution in [2.45, 2.75) is 18.9 Å². The van der Waals surface area contributed by atoms with Crippen LogP contribution in [0.15, 0.2) is 34.4 Å². The smallest absolute Gasteiger partial charge is 0.271 e. The number of carbonyl (C=O) groups is 1. The van der Waals surface area contributed by atoms with Crippen LogP contribution in [0, 0.1) is 4.77 Å². The van der Waals surface area contributed by atoms with Crippen molar-refractivity contribution < 1.29 is 9.90 Å². The van der Waals surface area contributed by atoms with Crippen LogP contribution in [0.1, 0.15) is 34.8 Å². The standard InChI is InChI=1S/C14H13N5O3S/c20-11(8-3-5-15-6-4-8)18-16-7-10-12(21)17-14(23)19(13(10)22)9-1-2-9/h3-7,9,22H,1-2H2,(H,18,20)(H,17,21,23)/b16-7+. The van der Waals surface area contributed by atoms with E-state index in [1.807, 2.05) is 0 Å². The average Bonchev–Trinajstić information content (AvgIpc) is 3.35. The largest absolute Gasteiger partial charge is 0.494 e. The Hall–Kier alpha value is -2.81. The van der Waals surface area contributed by atoms with Gasteiger partial charge in [0.1, 0.15) is 5.56 Å². The van der Waals surface area contributed by atoms with Gasteiger partial charge >= 0.3 is 0 Å². The minimum absolute atomic E-state index is 0.0551. The summed E-state index contributed by atoms with van der Waals surface area (Å²) in [4.78, 5) is 30.0. The number of pyridine rings is 1. The summed E-state index contributed by atoms with van der Waals surface area (Å²) < 4.78 is 1.66. The van der Waals surface area contributed by atoms with E-state index in [1.165, 1.54) is 29.1 Å². The lowest BCUT2D eigenvalue weighted by atomic mass is 10.3.